The zero-order valence-corrected chi connectivity index (χ0v) is 9.57. The predicted molar refractivity (Wildman–Crippen MR) is 57.9 cm³/mol. The molecular weight excluding hydrogens is 178 g/mol. The maximum absolute atomic E-state index is 8.45. The molecule has 0 bridgehead atoms. The lowest BCUT2D eigenvalue weighted by Crippen LogP contribution is -2.43. The highest BCUT2D eigenvalue weighted by atomic mass is 15.3. The van der Waals surface area contributed by atoms with Crippen LogP contribution in [0.15, 0.2) is 4.99 Å². The van der Waals surface area contributed by atoms with Crippen LogP contribution in [0, 0.1) is 11.5 Å². The van der Waals surface area contributed by atoms with E-state index in [0.717, 1.165) is 6.54 Å². The van der Waals surface area contributed by atoms with Gasteiger partial charge in [0.15, 0.2) is 0 Å². The van der Waals surface area contributed by atoms with E-state index in [4.69, 9.17) is 5.26 Å². The van der Waals surface area contributed by atoms with Gasteiger partial charge < -0.3 is 15.1 Å². The Morgan fingerprint density at radius 1 is 1.43 bits per heavy atom. The molecule has 5 heteroatoms. The number of hydrogen-bond donors (Lipinski definition) is 1. The molecule has 0 aliphatic carbocycles. The molecule has 0 fully saturated rings. The first-order valence-electron chi connectivity index (χ1n) is 4.53. The summed E-state index contributed by atoms with van der Waals surface area (Å²) in [4.78, 5) is 7.56. The lowest BCUT2D eigenvalue weighted by molar-refractivity contribution is 0.311. The number of nitrogens with zero attached hydrogens (tertiary/aromatic N) is 4. The molecule has 1 atom stereocenters. The normalized spacial score (nSPS) is 13.6. The molecule has 0 radical (unpaired) electrons. The minimum Gasteiger partial charge on any atom is -0.354 e. The fourth-order valence-electron chi connectivity index (χ4n) is 0.767. The molecule has 1 N–H and O–H groups in total. The van der Waals surface area contributed by atoms with Crippen LogP contribution in [0.4, 0.5) is 0 Å². The van der Waals surface area contributed by atoms with Crippen LogP contribution in [-0.4, -0.2) is 56.5 Å². The van der Waals surface area contributed by atoms with Crippen LogP contribution in [0.25, 0.3) is 0 Å². The fraction of sp³-hybridized carbons (Fsp3) is 0.778. The summed E-state index contributed by atoms with van der Waals surface area (Å²) in [6, 6.07) is 0.402. The number of guanidine groups is 1. The molecule has 0 aliphatic rings. The zero-order chi connectivity index (χ0) is 11.1. The Labute approximate surface area is 86.0 Å². The van der Waals surface area contributed by atoms with E-state index in [-0.39, 0.29) is 0 Å². The Morgan fingerprint density at radius 2 is 2.00 bits per heavy atom. The van der Waals surface area contributed by atoms with Crippen LogP contribution in [0.2, 0.25) is 0 Å². The van der Waals surface area contributed by atoms with Gasteiger partial charge in [-0.2, -0.15) is 5.26 Å². The van der Waals surface area contributed by atoms with Crippen molar-refractivity contribution in [2.75, 3.05) is 34.7 Å². The molecular formula is C9H19N5. The second kappa shape index (κ2) is 6.22. The number of nitrogens with one attached hydrogen (secondary N) is 1. The largest absolute Gasteiger partial charge is 0.354 e. The Kier molecular flexibility index (Phi) is 5.65. The monoisotopic (exact) mass is 197 g/mol. The quantitative estimate of drug-likeness (QED) is 0.391. The SMILES string of the molecule is C[C@H](CN/C(=N/C#N)N(C)C)N(C)C. The van der Waals surface area contributed by atoms with Gasteiger partial charge in [-0.1, -0.05) is 0 Å². The average molecular weight is 197 g/mol. The number of likely N-dealkylation sites (N-methyl/N-ethyl adjacent to an activating group) is 1. The highest BCUT2D eigenvalue weighted by Crippen LogP contribution is 1.89. The molecule has 5 nitrogen and oxygen atoms in total. The summed E-state index contributed by atoms with van der Waals surface area (Å²) in [5.74, 6) is 0.598. The maximum atomic E-state index is 8.45. The summed E-state index contributed by atoms with van der Waals surface area (Å²) in [6.07, 6.45) is 1.77. The summed E-state index contributed by atoms with van der Waals surface area (Å²) in [5.41, 5.74) is 0. The first kappa shape index (κ1) is 12.7. The Balaban J connectivity index is 4.09. The summed E-state index contributed by atoms with van der Waals surface area (Å²) in [5, 5.41) is 11.6. The van der Waals surface area contributed by atoms with Crippen LogP contribution in [0.3, 0.4) is 0 Å². The Bertz CT molecular complexity index is 226. The molecule has 0 unspecified atom stereocenters. The van der Waals surface area contributed by atoms with Gasteiger partial charge in [-0.15, -0.1) is 4.99 Å². The first-order chi connectivity index (χ1) is 6.49. The molecule has 0 amide bonds. The summed E-state index contributed by atoms with van der Waals surface area (Å²) >= 11 is 0. The van der Waals surface area contributed by atoms with Crippen molar-refractivity contribution in [2.45, 2.75) is 13.0 Å². The van der Waals surface area contributed by atoms with Gasteiger partial charge in [0.2, 0.25) is 12.2 Å². The van der Waals surface area contributed by atoms with Gasteiger partial charge in [0.25, 0.3) is 0 Å². The van der Waals surface area contributed by atoms with Gasteiger partial charge in [-0.05, 0) is 21.0 Å². The average Bonchev–Trinajstić information content (AvgIpc) is 2.10. The maximum Gasteiger partial charge on any atom is 0.209 e. The van der Waals surface area contributed by atoms with Crippen molar-refractivity contribution in [1.82, 2.24) is 15.1 Å². The van der Waals surface area contributed by atoms with Crippen molar-refractivity contribution in [1.29, 1.82) is 5.26 Å². The van der Waals surface area contributed by atoms with Gasteiger partial charge in [0.05, 0.1) is 0 Å². The van der Waals surface area contributed by atoms with E-state index in [1.54, 1.807) is 11.1 Å². The second-order valence-electron chi connectivity index (χ2n) is 3.62. The summed E-state index contributed by atoms with van der Waals surface area (Å²) in [7, 11) is 7.74. The first-order valence-corrected chi connectivity index (χ1v) is 4.53. The molecule has 0 aromatic heterocycles. The Morgan fingerprint density at radius 3 is 2.36 bits per heavy atom. The molecule has 14 heavy (non-hydrogen) atoms. The smallest absolute Gasteiger partial charge is 0.209 e. The van der Waals surface area contributed by atoms with Crippen LogP contribution < -0.4 is 5.32 Å². The molecule has 0 spiro atoms. The molecule has 0 heterocycles. The van der Waals surface area contributed by atoms with Crippen LogP contribution in [0.5, 0.6) is 0 Å². The number of rotatable bonds is 3. The van der Waals surface area contributed by atoms with Crippen molar-refractivity contribution >= 4 is 5.96 Å². The third-order valence-electron chi connectivity index (χ3n) is 2.02. The fourth-order valence-corrected chi connectivity index (χ4v) is 0.767. The van der Waals surface area contributed by atoms with Crippen LogP contribution in [-0.2, 0) is 0 Å². The predicted octanol–water partition coefficient (Wildman–Crippen LogP) is -0.0752. The molecule has 0 rings (SSSR count). The second-order valence-corrected chi connectivity index (χ2v) is 3.62. The standard InChI is InChI=1S/C9H19N5/c1-8(13(2)3)6-11-9(12-7-10)14(4)5/h8H,6H2,1-5H3,(H,11,12)/t8-/m1/s1. The lowest BCUT2D eigenvalue weighted by atomic mass is 10.3. The van der Waals surface area contributed by atoms with Gasteiger partial charge in [0.1, 0.15) is 0 Å². The summed E-state index contributed by atoms with van der Waals surface area (Å²) < 4.78 is 0. The summed E-state index contributed by atoms with van der Waals surface area (Å²) in [6.45, 7) is 2.87. The van der Waals surface area contributed by atoms with Crippen molar-refractivity contribution in [2.24, 2.45) is 4.99 Å². The van der Waals surface area contributed by atoms with E-state index < -0.39 is 0 Å². The van der Waals surface area contributed by atoms with Crippen LogP contribution in [0.1, 0.15) is 6.92 Å². The molecule has 80 valence electrons. The van der Waals surface area contributed by atoms with Crippen molar-refractivity contribution in [3.05, 3.63) is 0 Å². The molecule has 0 aromatic rings. The number of nitriles is 1. The van der Waals surface area contributed by atoms with E-state index in [9.17, 15) is 0 Å². The van der Waals surface area contributed by atoms with Crippen molar-refractivity contribution < 1.29 is 0 Å². The lowest BCUT2D eigenvalue weighted by Gasteiger charge is -2.23. The van der Waals surface area contributed by atoms with Gasteiger partial charge in [-0.25, -0.2) is 0 Å². The molecule has 0 saturated heterocycles. The topological polar surface area (TPSA) is 54.7 Å². The van der Waals surface area contributed by atoms with E-state index in [1.807, 2.05) is 28.2 Å². The van der Waals surface area contributed by atoms with Gasteiger partial charge in [-0.3, -0.25) is 0 Å². The van der Waals surface area contributed by atoms with Crippen LogP contribution >= 0.6 is 0 Å². The highest BCUT2D eigenvalue weighted by molar-refractivity contribution is 5.80. The minimum atomic E-state index is 0.402. The van der Waals surface area contributed by atoms with E-state index in [2.05, 4.69) is 22.1 Å². The Hall–Kier alpha value is -1.28. The molecule has 0 aromatic carbocycles. The van der Waals surface area contributed by atoms with Gasteiger partial charge >= 0.3 is 0 Å². The third-order valence-corrected chi connectivity index (χ3v) is 2.02. The zero-order valence-electron chi connectivity index (χ0n) is 9.57. The molecule has 0 saturated carbocycles. The van der Waals surface area contributed by atoms with Gasteiger partial charge in [0, 0.05) is 26.7 Å². The van der Waals surface area contributed by atoms with E-state index >= 15 is 0 Å². The van der Waals surface area contributed by atoms with E-state index in [1.165, 1.54) is 0 Å². The minimum absolute atomic E-state index is 0.402. The third kappa shape index (κ3) is 4.67. The van der Waals surface area contributed by atoms with E-state index in [0.29, 0.717) is 12.0 Å². The van der Waals surface area contributed by atoms with Crippen molar-refractivity contribution in [3.63, 3.8) is 0 Å². The highest BCUT2D eigenvalue weighted by Gasteiger charge is 2.06. The van der Waals surface area contributed by atoms with Crippen molar-refractivity contribution in [3.8, 4) is 6.19 Å². The number of hydrogen-bond acceptors (Lipinski definition) is 3. The number of aliphatic imine (C=N–C) groups is 1. The molecule has 0 aliphatic heterocycles.